The van der Waals surface area contributed by atoms with Gasteiger partial charge in [-0.25, -0.2) is 4.57 Å². The van der Waals surface area contributed by atoms with Gasteiger partial charge in [-0.3, -0.25) is 23.4 Å². The summed E-state index contributed by atoms with van der Waals surface area (Å²) in [5.74, 6) is -1.16. The molecule has 0 aliphatic rings. The van der Waals surface area contributed by atoms with E-state index in [-0.39, 0.29) is 38.5 Å². The number of amides is 1. The minimum absolute atomic E-state index is 0.0390. The minimum Gasteiger partial charge on any atom is -0.462 e. The highest BCUT2D eigenvalue weighted by Gasteiger charge is 2.26. The van der Waals surface area contributed by atoms with Crippen molar-refractivity contribution >= 4 is 25.7 Å². The molecular formula is C35H68NO9P. The Bertz CT molecular complexity index is 796. The second kappa shape index (κ2) is 32.1. The number of carbonyl (C=O) groups is 3. The Hall–Kier alpha value is -1.48. The Labute approximate surface area is 280 Å². The fourth-order valence-corrected chi connectivity index (χ4v) is 5.84. The van der Waals surface area contributed by atoms with Gasteiger partial charge in [-0.1, -0.05) is 142 Å². The predicted octanol–water partition coefficient (Wildman–Crippen LogP) is 9.11. The summed E-state index contributed by atoms with van der Waals surface area (Å²) in [5.41, 5.74) is 0. The van der Waals surface area contributed by atoms with Gasteiger partial charge in [-0.15, -0.1) is 0 Å². The van der Waals surface area contributed by atoms with Crippen LogP contribution in [0, 0.1) is 0 Å². The molecule has 0 spiro atoms. The van der Waals surface area contributed by atoms with Crippen molar-refractivity contribution in [2.75, 3.05) is 26.4 Å². The molecule has 2 atom stereocenters. The van der Waals surface area contributed by atoms with E-state index in [1.54, 1.807) is 0 Å². The van der Waals surface area contributed by atoms with Crippen LogP contribution in [0.3, 0.4) is 0 Å². The number of unbranched alkanes of at least 4 members (excludes halogenated alkanes) is 20. The summed E-state index contributed by atoms with van der Waals surface area (Å²) in [6, 6.07) is 0. The molecular weight excluding hydrogens is 609 g/mol. The van der Waals surface area contributed by atoms with Crippen LogP contribution in [0.4, 0.5) is 0 Å². The molecule has 0 aromatic rings. The lowest BCUT2D eigenvalue weighted by Gasteiger charge is -2.20. The smallest absolute Gasteiger partial charge is 0.462 e. The van der Waals surface area contributed by atoms with Gasteiger partial charge < -0.3 is 19.7 Å². The van der Waals surface area contributed by atoms with Crippen molar-refractivity contribution in [2.45, 2.75) is 181 Å². The normalized spacial score (nSPS) is 13.2. The number of ether oxygens (including phenoxy) is 2. The molecule has 0 radical (unpaired) electrons. The van der Waals surface area contributed by atoms with E-state index in [1.807, 2.05) is 0 Å². The van der Waals surface area contributed by atoms with E-state index in [0.717, 1.165) is 38.5 Å². The zero-order valence-electron chi connectivity index (χ0n) is 29.5. The number of carbonyl (C=O) groups excluding carboxylic acids is 3. The first-order valence-corrected chi connectivity index (χ1v) is 19.9. The van der Waals surface area contributed by atoms with Gasteiger partial charge in [0.15, 0.2) is 6.10 Å². The molecule has 46 heavy (non-hydrogen) atoms. The van der Waals surface area contributed by atoms with Gasteiger partial charge in [0.05, 0.1) is 13.2 Å². The zero-order chi connectivity index (χ0) is 34.1. The van der Waals surface area contributed by atoms with Crippen LogP contribution in [0.2, 0.25) is 0 Å². The van der Waals surface area contributed by atoms with Gasteiger partial charge in [0.1, 0.15) is 6.61 Å². The number of phosphoric ester groups is 1. The van der Waals surface area contributed by atoms with Crippen LogP contribution in [0.15, 0.2) is 0 Å². The molecule has 0 fully saturated rings. The molecule has 0 bridgehead atoms. The molecule has 0 saturated carbocycles. The molecule has 10 nitrogen and oxygen atoms in total. The van der Waals surface area contributed by atoms with E-state index in [2.05, 4.69) is 19.2 Å². The largest absolute Gasteiger partial charge is 0.472 e. The Morgan fingerprint density at radius 2 is 1.02 bits per heavy atom. The second-order valence-corrected chi connectivity index (χ2v) is 13.9. The molecule has 0 aliphatic carbocycles. The van der Waals surface area contributed by atoms with Crippen LogP contribution in [-0.4, -0.2) is 55.2 Å². The van der Waals surface area contributed by atoms with E-state index in [4.69, 9.17) is 18.5 Å². The summed E-state index contributed by atoms with van der Waals surface area (Å²) in [4.78, 5) is 45.8. The average Bonchev–Trinajstić information content (AvgIpc) is 3.02. The van der Waals surface area contributed by atoms with E-state index >= 15 is 0 Å². The molecule has 272 valence electrons. The fourth-order valence-electron chi connectivity index (χ4n) is 5.09. The molecule has 1 unspecified atom stereocenters. The van der Waals surface area contributed by atoms with Gasteiger partial charge in [-0.2, -0.15) is 0 Å². The molecule has 0 saturated heterocycles. The summed E-state index contributed by atoms with van der Waals surface area (Å²) in [6.45, 7) is 4.84. The lowest BCUT2D eigenvalue weighted by atomic mass is 10.1. The first-order chi connectivity index (χ1) is 22.2. The maximum atomic E-state index is 12.5. The van der Waals surface area contributed by atoms with Crippen LogP contribution < -0.4 is 5.32 Å². The quantitative estimate of drug-likeness (QED) is 0.0388. The number of rotatable bonds is 34. The van der Waals surface area contributed by atoms with Crippen molar-refractivity contribution in [3.05, 3.63) is 0 Å². The summed E-state index contributed by atoms with van der Waals surface area (Å²) in [6.07, 6.45) is 25.2. The van der Waals surface area contributed by atoms with Crippen molar-refractivity contribution in [2.24, 2.45) is 0 Å². The van der Waals surface area contributed by atoms with Crippen LogP contribution in [0.25, 0.3) is 0 Å². The Kier molecular flexibility index (Phi) is 31.1. The lowest BCUT2D eigenvalue weighted by Crippen LogP contribution is -2.30. The standard InChI is InChI=1S/C35H68NO9P/c1-4-6-8-10-12-14-16-18-20-22-24-26-34(38)42-30-33(31-44-46(40,41)43-29-28-36-32(3)37)45-35(39)27-25-23-21-19-17-15-13-11-9-7-5-2/h33H,4-31H2,1-3H3,(H,36,37)(H,40,41)/t33-/m0/s1. The van der Waals surface area contributed by atoms with Crippen LogP contribution >= 0.6 is 7.82 Å². The number of nitrogens with one attached hydrogen (secondary N) is 1. The first-order valence-electron chi connectivity index (χ1n) is 18.4. The van der Waals surface area contributed by atoms with E-state index < -0.39 is 32.5 Å². The van der Waals surface area contributed by atoms with Gasteiger partial charge >= 0.3 is 19.8 Å². The van der Waals surface area contributed by atoms with Crippen LogP contribution in [0.5, 0.6) is 0 Å². The van der Waals surface area contributed by atoms with Crippen LogP contribution in [-0.2, 0) is 37.5 Å². The van der Waals surface area contributed by atoms with Gasteiger partial charge in [0.2, 0.25) is 5.91 Å². The van der Waals surface area contributed by atoms with Crippen molar-refractivity contribution < 1.29 is 42.4 Å². The van der Waals surface area contributed by atoms with Crippen molar-refractivity contribution in [1.29, 1.82) is 0 Å². The molecule has 0 rings (SSSR count). The van der Waals surface area contributed by atoms with Crippen molar-refractivity contribution in [1.82, 2.24) is 5.32 Å². The molecule has 0 aliphatic heterocycles. The fraction of sp³-hybridized carbons (Fsp3) is 0.914. The molecule has 1 amide bonds. The van der Waals surface area contributed by atoms with E-state index in [9.17, 15) is 23.8 Å². The Morgan fingerprint density at radius 1 is 0.609 bits per heavy atom. The third kappa shape index (κ3) is 32.5. The maximum absolute atomic E-state index is 12.5. The van der Waals surface area contributed by atoms with E-state index in [0.29, 0.717) is 6.42 Å². The average molecular weight is 678 g/mol. The highest BCUT2D eigenvalue weighted by Crippen LogP contribution is 2.43. The topological polar surface area (TPSA) is 137 Å². The lowest BCUT2D eigenvalue weighted by molar-refractivity contribution is -0.161. The highest BCUT2D eigenvalue weighted by atomic mass is 31.2. The Balaban J connectivity index is 4.41. The monoisotopic (exact) mass is 677 g/mol. The molecule has 2 N–H and O–H groups in total. The summed E-state index contributed by atoms with van der Waals surface area (Å²) < 4.78 is 32.9. The molecule has 0 aromatic carbocycles. The van der Waals surface area contributed by atoms with Gasteiger partial charge in [0.25, 0.3) is 0 Å². The molecule has 0 aromatic heterocycles. The minimum atomic E-state index is -4.47. The number of hydrogen-bond donors (Lipinski definition) is 2. The summed E-state index contributed by atoms with van der Waals surface area (Å²) >= 11 is 0. The maximum Gasteiger partial charge on any atom is 0.472 e. The van der Waals surface area contributed by atoms with E-state index in [1.165, 1.54) is 103 Å². The summed E-state index contributed by atoms with van der Waals surface area (Å²) in [7, 11) is -4.47. The van der Waals surface area contributed by atoms with Crippen molar-refractivity contribution in [3.63, 3.8) is 0 Å². The number of hydrogen-bond acceptors (Lipinski definition) is 8. The van der Waals surface area contributed by atoms with Gasteiger partial charge in [0, 0.05) is 26.3 Å². The zero-order valence-corrected chi connectivity index (χ0v) is 30.4. The highest BCUT2D eigenvalue weighted by molar-refractivity contribution is 7.47. The Morgan fingerprint density at radius 3 is 1.46 bits per heavy atom. The third-order valence-corrected chi connectivity index (χ3v) is 8.84. The molecule has 0 heterocycles. The summed E-state index contributed by atoms with van der Waals surface area (Å²) in [5, 5.41) is 2.45. The molecule has 11 heteroatoms. The number of phosphoric acid groups is 1. The van der Waals surface area contributed by atoms with Crippen LogP contribution in [0.1, 0.15) is 175 Å². The van der Waals surface area contributed by atoms with Crippen molar-refractivity contribution in [3.8, 4) is 0 Å². The second-order valence-electron chi connectivity index (χ2n) is 12.4. The number of esters is 2. The SMILES string of the molecule is CCCCCCCCCCCCCC(=O)OC[C@@H](COP(=O)(O)OCCNC(C)=O)OC(=O)CCCCCCCCCCCCC. The first kappa shape index (κ1) is 44.5. The third-order valence-electron chi connectivity index (χ3n) is 7.85. The van der Waals surface area contributed by atoms with Gasteiger partial charge in [-0.05, 0) is 12.8 Å². The predicted molar refractivity (Wildman–Crippen MR) is 183 cm³/mol.